The van der Waals surface area contributed by atoms with Gasteiger partial charge in [0.05, 0.1) is 10.0 Å². The quantitative estimate of drug-likeness (QED) is 0.803. The highest BCUT2D eigenvalue weighted by Crippen LogP contribution is 2.18. The zero-order chi connectivity index (χ0) is 12.1. The summed E-state index contributed by atoms with van der Waals surface area (Å²) >= 11 is 2.94. The number of hydrogen-bond acceptors (Lipinski definition) is 3. The summed E-state index contributed by atoms with van der Waals surface area (Å²) in [5, 5.41) is 0. The maximum atomic E-state index is 13.4. The lowest BCUT2D eigenvalue weighted by molar-refractivity contribution is -0.124. The van der Waals surface area contributed by atoms with Crippen molar-refractivity contribution in [1.82, 2.24) is 5.48 Å². The van der Waals surface area contributed by atoms with Crippen LogP contribution in [0.4, 0.5) is 4.39 Å². The van der Waals surface area contributed by atoms with Gasteiger partial charge in [0.2, 0.25) is 5.91 Å². The molecule has 0 radical (unpaired) electrons. The summed E-state index contributed by atoms with van der Waals surface area (Å²) in [6.07, 6.45) is 0. The highest BCUT2D eigenvalue weighted by Gasteiger charge is 2.13. The van der Waals surface area contributed by atoms with Crippen molar-refractivity contribution >= 4 is 27.7 Å². The van der Waals surface area contributed by atoms with Crippen LogP contribution in [-0.2, 0) is 9.63 Å². The van der Waals surface area contributed by atoms with E-state index in [1.807, 2.05) is 5.48 Å². The van der Waals surface area contributed by atoms with Crippen molar-refractivity contribution in [2.45, 2.75) is 0 Å². The molecule has 5 nitrogen and oxygen atoms in total. The normalized spacial score (nSPS) is 9.88. The van der Waals surface area contributed by atoms with Gasteiger partial charge >= 0.3 is 0 Å². The van der Waals surface area contributed by atoms with Gasteiger partial charge in [0, 0.05) is 0 Å². The van der Waals surface area contributed by atoms with Crippen LogP contribution in [0.1, 0.15) is 10.4 Å². The van der Waals surface area contributed by atoms with Gasteiger partial charge in [0.15, 0.2) is 6.61 Å². The first-order chi connectivity index (χ1) is 7.52. The lowest BCUT2D eigenvalue weighted by Crippen LogP contribution is -2.29. The first-order valence-corrected chi connectivity index (χ1v) is 4.96. The maximum Gasteiger partial charge on any atom is 0.277 e. The van der Waals surface area contributed by atoms with Crippen LogP contribution in [0, 0.1) is 5.82 Å². The van der Waals surface area contributed by atoms with Gasteiger partial charge in [-0.15, -0.1) is 0 Å². The van der Waals surface area contributed by atoms with Crippen LogP contribution in [0.3, 0.4) is 0 Å². The van der Waals surface area contributed by atoms with Crippen LogP contribution in [0.15, 0.2) is 22.7 Å². The topological polar surface area (TPSA) is 81.4 Å². The number of benzene rings is 1. The number of nitrogens with one attached hydrogen (secondary N) is 1. The highest BCUT2D eigenvalue weighted by atomic mass is 79.9. The van der Waals surface area contributed by atoms with Gasteiger partial charge in [-0.05, 0) is 28.1 Å². The molecule has 0 aliphatic rings. The zero-order valence-corrected chi connectivity index (χ0v) is 9.58. The smallest absolute Gasteiger partial charge is 0.277 e. The predicted molar refractivity (Wildman–Crippen MR) is 56.7 cm³/mol. The molecule has 0 aromatic heterocycles. The third kappa shape index (κ3) is 3.28. The number of rotatable bonds is 4. The maximum absolute atomic E-state index is 13.4. The van der Waals surface area contributed by atoms with Crippen molar-refractivity contribution in [3.05, 3.63) is 34.1 Å². The predicted octanol–water partition coefficient (Wildman–Crippen LogP) is 0.735. The second-order valence-corrected chi connectivity index (χ2v) is 3.64. The first-order valence-electron chi connectivity index (χ1n) is 4.17. The van der Waals surface area contributed by atoms with E-state index in [0.29, 0.717) is 0 Å². The highest BCUT2D eigenvalue weighted by molar-refractivity contribution is 9.10. The second-order valence-electron chi connectivity index (χ2n) is 2.79. The average Bonchev–Trinajstić information content (AvgIpc) is 2.21. The molecule has 1 aromatic carbocycles. The van der Waals surface area contributed by atoms with Crippen molar-refractivity contribution in [2.24, 2.45) is 5.73 Å². The SMILES string of the molecule is NC(=O)CONC(=O)c1cccc(Br)c1F. The Labute approximate surface area is 98.8 Å². The molecular weight excluding hydrogens is 283 g/mol. The molecule has 0 heterocycles. The van der Waals surface area contributed by atoms with E-state index in [1.54, 1.807) is 0 Å². The van der Waals surface area contributed by atoms with E-state index in [2.05, 4.69) is 20.8 Å². The van der Waals surface area contributed by atoms with E-state index < -0.39 is 24.2 Å². The molecule has 1 aromatic rings. The second kappa shape index (κ2) is 5.57. The van der Waals surface area contributed by atoms with Crippen molar-refractivity contribution < 1.29 is 18.8 Å². The van der Waals surface area contributed by atoms with Crippen LogP contribution < -0.4 is 11.2 Å². The van der Waals surface area contributed by atoms with Crippen molar-refractivity contribution in [1.29, 1.82) is 0 Å². The standard InChI is InChI=1S/C9H8BrFN2O3/c10-6-3-1-2-5(8(6)11)9(15)13-16-4-7(12)14/h1-3H,4H2,(H2,12,14)(H,13,15). The van der Waals surface area contributed by atoms with Crippen LogP contribution in [0.5, 0.6) is 0 Å². The number of hydrogen-bond donors (Lipinski definition) is 2. The van der Waals surface area contributed by atoms with Gasteiger partial charge in [-0.25, -0.2) is 9.87 Å². The van der Waals surface area contributed by atoms with Gasteiger partial charge in [-0.1, -0.05) is 6.07 Å². The van der Waals surface area contributed by atoms with E-state index in [9.17, 15) is 14.0 Å². The zero-order valence-electron chi connectivity index (χ0n) is 8.00. The van der Waals surface area contributed by atoms with Crippen molar-refractivity contribution in [2.75, 3.05) is 6.61 Å². The molecule has 0 saturated carbocycles. The third-order valence-corrected chi connectivity index (χ3v) is 2.19. The first kappa shape index (κ1) is 12.6. The summed E-state index contributed by atoms with van der Waals surface area (Å²) in [4.78, 5) is 26.1. The number of hydroxylamine groups is 1. The third-order valence-electron chi connectivity index (χ3n) is 1.58. The summed E-state index contributed by atoms with van der Waals surface area (Å²) in [5.74, 6) is -2.24. The van der Waals surface area contributed by atoms with Gasteiger partial charge < -0.3 is 5.73 Å². The molecule has 0 saturated heterocycles. The summed E-state index contributed by atoms with van der Waals surface area (Å²) in [6, 6.07) is 4.23. The fourth-order valence-electron chi connectivity index (χ4n) is 0.907. The van der Waals surface area contributed by atoms with E-state index in [1.165, 1.54) is 18.2 Å². The van der Waals surface area contributed by atoms with Gasteiger partial charge in [0.1, 0.15) is 5.82 Å². The minimum absolute atomic E-state index is 0.162. The van der Waals surface area contributed by atoms with Crippen LogP contribution in [0.25, 0.3) is 0 Å². The Bertz CT molecular complexity index is 425. The molecule has 0 atom stereocenters. The molecule has 86 valence electrons. The molecule has 1 rings (SSSR count). The molecule has 7 heteroatoms. The summed E-state index contributed by atoms with van der Waals surface area (Å²) in [6.45, 7) is -0.471. The Morgan fingerprint density at radius 3 is 2.81 bits per heavy atom. The fourth-order valence-corrected chi connectivity index (χ4v) is 1.27. The minimum atomic E-state index is -0.792. The number of carbonyl (C=O) groups excluding carboxylic acids is 2. The fraction of sp³-hybridized carbons (Fsp3) is 0.111. The van der Waals surface area contributed by atoms with Crippen LogP contribution >= 0.6 is 15.9 Å². The van der Waals surface area contributed by atoms with Gasteiger partial charge in [0.25, 0.3) is 5.91 Å². The average molecular weight is 291 g/mol. The summed E-state index contributed by atoms with van der Waals surface area (Å²) < 4.78 is 13.5. The molecule has 0 bridgehead atoms. The monoisotopic (exact) mass is 290 g/mol. The molecule has 2 amide bonds. The number of amides is 2. The van der Waals surface area contributed by atoms with E-state index in [0.717, 1.165) is 0 Å². The molecular formula is C9H8BrFN2O3. The van der Waals surface area contributed by atoms with Crippen LogP contribution in [-0.4, -0.2) is 18.4 Å². The summed E-state index contributed by atoms with van der Waals surface area (Å²) in [7, 11) is 0. The molecule has 16 heavy (non-hydrogen) atoms. The minimum Gasteiger partial charge on any atom is -0.368 e. The van der Waals surface area contributed by atoms with E-state index in [-0.39, 0.29) is 10.0 Å². The number of nitrogens with two attached hydrogens (primary N) is 1. The molecule has 0 aliphatic carbocycles. The lowest BCUT2D eigenvalue weighted by atomic mass is 10.2. The Morgan fingerprint density at radius 1 is 1.50 bits per heavy atom. The number of primary amides is 1. The largest absolute Gasteiger partial charge is 0.368 e. The number of halogens is 2. The Morgan fingerprint density at radius 2 is 2.19 bits per heavy atom. The van der Waals surface area contributed by atoms with Gasteiger partial charge in [-0.2, -0.15) is 0 Å². The lowest BCUT2D eigenvalue weighted by Gasteiger charge is -2.05. The molecule has 0 spiro atoms. The van der Waals surface area contributed by atoms with Crippen molar-refractivity contribution in [3.8, 4) is 0 Å². The Kier molecular flexibility index (Phi) is 4.39. The summed E-state index contributed by atoms with van der Waals surface area (Å²) in [5.41, 5.74) is 6.48. The van der Waals surface area contributed by atoms with Crippen molar-refractivity contribution in [3.63, 3.8) is 0 Å². The Hall–Kier alpha value is -1.47. The van der Waals surface area contributed by atoms with E-state index in [4.69, 9.17) is 5.73 Å². The molecule has 0 fully saturated rings. The molecule has 0 unspecified atom stereocenters. The molecule has 0 aliphatic heterocycles. The number of carbonyl (C=O) groups is 2. The van der Waals surface area contributed by atoms with Gasteiger partial charge in [-0.3, -0.25) is 14.4 Å². The van der Waals surface area contributed by atoms with Crippen LogP contribution in [0.2, 0.25) is 0 Å². The molecule has 3 N–H and O–H groups in total. The Balaban J connectivity index is 2.66. The van der Waals surface area contributed by atoms with E-state index >= 15 is 0 Å².